The average molecular weight is 596 g/mol. The van der Waals surface area contributed by atoms with E-state index in [2.05, 4.69) is 47.6 Å². The Morgan fingerprint density at radius 2 is 1.64 bits per heavy atom. The van der Waals surface area contributed by atoms with Crippen molar-refractivity contribution in [2.75, 3.05) is 20.1 Å². The molecule has 0 aliphatic carbocycles. The van der Waals surface area contributed by atoms with E-state index in [9.17, 15) is 24.0 Å². The fraction of sp³-hybridized carbons (Fsp3) is 0.719. The van der Waals surface area contributed by atoms with Gasteiger partial charge in [-0.3, -0.25) is 19.2 Å². The van der Waals surface area contributed by atoms with Gasteiger partial charge in [-0.15, -0.1) is 18.9 Å². The molecule has 0 spiro atoms. The van der Waals surface area contributed by atoms with Gasteiger partial charge in [0.2, 0.25) is 18.2 Å². The summed E-state index contributed by atoms with van der Waals surface area (Å²) in [6.07, 6.45) is 11.8. The van der Waals surface area contributed by atoms with E-state index < -0.39 is 29.6 Å². The summed E-state index contributed by atoms with van der Waals surface area (Å²) in [4.78, 5) is 60.6. The number of carbonyl (C=O) groups is 5. The van der Waals surface area contributed by atoms with E-state index >= 15 is 0 Å². The van der Waals surface area contributed by atoms with Gasteiger partial charge in [-0.05, 0) is 51.9 Å². The molecule has 1 aliphatic rings. The number of nitrogens with one attached hydrogen (secondary N) is 4. The lowest BCUT2D eigenvalue weighted by Gasteiger charge is -2.35. The molecule has 244 valence electrons. The first-order chi connectivity index (χ1) is 19.8. The van der Waals surface area contributed by atoms with Crippen LogP contribution in [-0.2, 0) is 19.2 Å². The Kier molecular flexibility index (Phi) is 31.7. The lowest BCUT2D eigenvalue weighted by molar-refractivity contribution is -0.142. The van der Waals surface area contributed by atoms with E-state index in [1.807, 2.05) is 48.5 Å². The molecule has 0 radical (unpaired) electrons. The standard InChI is InChI=1S/C21H34N4O4.C3H7NO.C3H8.C3H6.C2H6/c1-7-8-9-11-15(14(2)26)23-18(27)16-12-10-13-25(16)19(28)17(21(3,4)5)24-20(29)22-6;1-2-4-3-5;2*1-3-2;1-2/h1,15-17H,8-13H2,2-6H3,(H,23,27)(H2,22,24,29);3H,2H2,1H3,(H,4,5);3H2,1-2H3;3H,1H2,2H3;1-2H3. The molecule has 1 aliphatic heterocycles. The second kappa shape index (κ2) is 29.2. The number of urea groups is 1. The summed E-state index contributed by atoms with van der Waals surface area (Å²) in [6, 6.07) is -2.51. The Labute approximate surface area is 256 Å². The lowest BCUT2D eigenvalue weighted by Crippen LogP contribution is -2.59. The molecule has 1 fully saturated rings. The average Bonchev–Trinajstić information content (AvgIpc) is 3.43. The molecule has 4 N–H and O–H groups in total. The van der Waals surface area contributed by atoms with Crippen molar-refractivity contribution in [2.24, 2.45) is 5.41 Å². The van der Waals surface area contributed by atoms with E-state index in [1.54, 1.807) is 6.08 Å². The molecule has 1 heterocycles. The number of hydrogen-bond donors (Lipinski definition) is 4. The molecule has 1 rings (SSSR count). The smallest absolute Gasteiger partial charge is 0.315 e. The van der Waals surface area contributed by atoms with Gasteiger partial charge in [0.25, 0.3) is 0 Å². The molecule has 0 saturated carbocycles. The molecule has 42 heavy (non-hydrogen) atoms. The van der Waals surface area contributed by atoms with Crippen molar-refractivity contribution in [3.8, 4) is 12.3 Å². The minimum atomic E-state index is -0.782. The van der Waals surface area contributed by atoms with Crippen LogP contribution >= 0.6 is 0 Å². The summed E-state index contributed by atoms with van der Waals surface area (Å²) in [7, 11) is 1.48. The molecule has 10 heteroatoms. The Hall–Kier alpha value is -3.35. The van der Waals surface area contributed by atoms with Gasteiger partial charge in [0.1, 0.15) is 12.1 Å². The Morgan fingerprint density at radius 1 is 1.12 bits per heavy atom. The largest absolute Gasteiger partial charge is 0.359 e. The van der Waals surface area contributed by atoms with Crippen molar-refractivity contribution < 1.29 is 24.0 Å². The zero-order chi connectivity index (χ0) is 33.7. The van der Waals surface area contributed by atoms with Crippen LogP contribution in [0.2, 0.25) is 0 Å². The first-order valence-electron chi connectivity index (χ1n) is 15.0. The number of Topliss-reactive ketones (excluding diaryl/α,β-unsaturated/α-hetero) is 1. The number of ketones is 1. The van der Waals surface area contributed by atoms with Crippen LogP contribution in [0.3, 0.4) is 0 Å². The Bertz CT molecular complexity index is 802. The predicted molar refractivity (Wildman–Crippen MR) is 174 cm³/mol. The number of allylic oxidation sites excluding steroid dienone is 1. The van der Waals surface area contributed by atoms with Gasteiger partial charge in [-0.1, -0.05) is 61.0 Å². The van der Waals surface area contributed by atoms with Crippen molar-refractivity contribution in [2.45, 2.75) is 126 Å². The number of likely N-dealkylation sites (tertiary alicyclic amines) is 1. The predicted octanol–water partition coefficient (Wildman–Crippen LogP) is 4.59. The fourth-order valence-corrected chi connectivity index (χ4v) is 3.46. The maximum atomic E-state index is 13.2. The van der Waals surface area contributed by atoms with Crippen LogP contribution in [-0.4, -0.2) is 73.2 Å². The van der Waals surface area contributed by atoms with E-state index in [1.165, 1.54) is 25.3 Å². The van der Waals surface area contributed by atoms with Gasteiger partial charge in [0.05, 0.1) is 6.04 Å². The normalized spacial score (nSPS) is 14.3. The van der Waals surface area contributed by atoms with E-state index in [-0.39, 0.29) is 17.6 Å². The van der Waals surface area contributed by atoms with Crippen LogP contribution < -0.4 is 21.3 Å². The minimum absolute atomic E-state index is 0.139. The summed E-state index contributed by atoms with van der Waals surface area (Å²) in [5.74, 6) is 1.74. The maximum Gasteiger partial charge on any atom is 0.315 e. The molecule has 0 bridgehead atoms. The van der Waals surface area contributed by atoms with Gasteiger partial charge in [-0.2, -0.15) is 0 Å². The Morgan fingerprint density at radius 3 is 2.00 bits per heavy atom. The third kappa shape index (κ3) is 22.4. The number of amides is 5. The monoisotopic (exact) mass is 595 g/mol. The maximum absolute atomic E-state index is 13.2. The number of rotatable bonds is 10. The van der Waals surface area contributed by atoms with E-state index in [0.717, 1.165) is 6.54 Å². The molecule has 3 unspecified atom stereocenters. The van der Waals surface area contributed by atoms with Gasteiger partial charge < -0.3 is 26.2 Å². The fourth-order valence-electron chi connectivity index (χ4n) is 3.46. The molecular formula is C32H61N5O5. The van der Waals surface area contributed by atoms with Crippen LogP contribution in [0, 0.1) is 17.8 Å². The molecular weight excluding hydrogens is 534 g/mol. The SMILES string of the molecule is C#CCCCC(NC(=O)C1CCCN1C(=O)C(NC(=O)NC)C(C)(C)C)C(C)=O.C=CC.CC.CCC.CCNC=O. The summed E-state index contributed by atoms with van der Waals surface area (Å²) in [6.45, 7) is 23.5. The molecule has 0 aromatic carbocycles. The number of unbranched alkanes of at least 4 members (excludes halogenated alkanes) is 1. The lowest BCUT2D eigenvalue weighted by atomic mass is 9.85. The quantitative estimate of drug-likeness (QED) is 0.127. The van der Waals surface area contributed by atoms with Crippen LogP contribution in [0.25, 0.3) is 0 Å². The number of nitrogens with zero attached hydrogens (tertiary/aromatic N) is 1. The second-order valence-corrected chi connectivity index (χ2v) is 10.3. The Balaban J connectivity index is -0.000000469. The highest BCUT2D eigenvalue weighted by Gasteiger charge is 2.42. The van der Waals surface area contributed by atoms with Gasteiger partial charge in [0, 0.05) is 26.6 Å². The second-order valence-electron chi connectivity index (χ2n) is 10.3. The molecule has 0 aromatic rings. The highest BCUT2D eigenvalue weighted by atomic mass is 16.2. The van der Waals surface area contributed by atoms with Crippen molar-refractivity contribution in [1.29, 1.82) is 0 Å². The highest BCUT2D eigenvalue weighted by Crippen LogP contribution is 2.26. The van der Waals surface area contributed by atoms with Crippen molar-refractivity contribution in [1.82, 2.24) is 26.2 Å². The number of carbonyl (C=O) groups excluding carboxylic acids is 5. The molecule has 3 atom stereocenters. The summed E-state index contributed by atoms with van der Waals surface area (Å²) in [5.41, 5.74) is -0.537. The molecule has 5 amide bonds. The van der Waals surface area contributed by atoms with Gasteiger partial charge >= 0.3 is 6.03 Å². The summed E-state index contributed by atoms with van der Waals surface area (Å²) in [5, 5.41) is 10.4. The van der Waals surface area contributed by atoms with Crippen LogP contribution in [0.15, 0.2) is 12.7 Å². The first kappa shape index (κ1) is 45.6. The third-order valence-corrected chi connectivity index (χ3v) is 5.36. The number of hydrogen-bond acceptors (Lipinski definition) is 5. The van der Waals surface area contributed by atoms with Crippen molar-refractivity contribution in [3.05, 3.63) is 12.7 Å². The van der Waals surface area contributed by atoms with Crippen molar-refractivity contribution in [3.63, 3.8) is 0 Å². The molecule has 0 aromatic heterocycles. The van der Waals surface area contributed by atoms with Crippen molar-refractivity contribution >= 4 is 30.0 Å². The summed E-state index contributed by atoms with van der Waals surface area (Å²) >= 11 is 0. The zero-order valence-corrected chi connectivity index (χ0v) is 28.3. The van der Waals surface area contributed by atoms with Gasteiger partial charge in [-0.25, -0.2) is 4.79 Å². The number of terminal acetylenes is 1. The third-order valence-electron chi connectivity index (χ3n) is 5.36. The topological polar surface area (TPSA) is 137 Å². The van der Waals surface area contributed by atoms with Crippen LogP contribution in [0.1, 0.15) is 108 Å². The minimum Gasteiger partial charge on any atom is -0.359 e. The van der Waals surface area contributed by atoms with Crippen LogP contribution in [0.4, 0.5) is 4.79 Å². The van der Waals surface area contributed by atoms with Gasteiger partial charge in [0.15, 0.2) is 5.78 Å². The zero-order valence-electron chi connectivity index (χ0n) is 28.3. The summed E-state index contributed by atoms with van der Waals surface area (Å²) < 4.78 is 0. The van der Waals surface area contributed by atoms with E-state index in [4.69, 9.17) is 6.42 Å². The van der Waals surface area contributed by atoms with Crippen LogP contribution in [0.5, 0.6) is 0 Å². The molecule has 10 nitrogen and oxygen atoms in total. The molecule has 1 saturated heterocycles. The highest BCUT2D eigenvalue weighted by molar-refractivity contribution is 5.94. The first-order valence-corrected chi connectivity index (χ1v) is 15.0. The van der Waals surface area contributed by atoms with E-state index in [0.29, 0.717) is 45.1 Å².